The predicted octanol–water partition coefficient (Wildman–Crippen LogP) is 10.4. The zero-order chi connectivity index (χ0) is 42.0. The highest BCUT2D eigenvalue weighted by molar-refractivity contribution is 7.01. The summed E-state index contributed by atoms with van der Waals surface area (Å²) >= 11 is 0. The third kappa shape index (κ3) is 6.18. The molecule has 0 fully saturated rings. The predicted molar refractivity (Wildman–Crippen MR) is 163 cm³/mol. The lowest BCUT2D eigenvalue weighted by molar-refractivity contribution is 0.370. The molecule has 0 bridgehead atoms. The van der Waals surface area contributed by atoms with Gasteiger partial charge in [-0.05, 0) is 46.0 Å². The lowest BCUT2D eigenvalue weighted by Crippen LogP contribution is -2.68. The van der Waals surface area contributed by atoms with E-state index in [0.717, 1.165) is 24.3 Å². The Balaban J connectivity index is 2.12. The van der Waals surface area contributed by atoms with Gasteiger partial charge < -0.3 is 0 Å². The van der Waals surface area contributed by atoms with Crippen LogP contribution in [-0.2, 0) is 12.6 Å². The van der Waals surface area contributed by atoms with E-state index in [1.807, 2.05) is 0 Å². The van der Waals surface area contributed by atoms with Crippen molar-refractivity contribution < 1.29 is 83.4 Å². The quantitative estimate of drug-likeness (QED) is 0.0602. The molecule has 0 saturated heterocycles. The zero-order valence-electron chi connectivity index (χ0n) is 27.0. The third-order valence-corrected chi connectivity index (χ3v) is 9.09. The van der Waals surface area contributed by atoms with Gasteiger partial charge in [0.2, 0.25) is 11.6 Å². The van der Waals surface area contributed by atoms with Crippen molar-refractivity contribution >= 4 is 29.2 Å². The lowest BCUT2D eigenvalue weighted by atomic mass is 9.14. The molecule has 0 amide bonds. The van der Waals surface area contributed by atoms with Crippen LogP contribution in [0.2, 0.25) is 0 Å². The highest BCUT2D eigenvalue weighted by atomic mass is 19.2. The van der Waals surface area contributed by atoms with E-state index >= 15 is 43.9 Å². The molecule has 0 unspecified atom stereocenters. The minimum Gasteiger partial charge on any atom is -0.207 e. The summed E-state index contributed by atoms with van der Waals surface area (Å²) in [5.74, 6) is -58.1. The highest BCUT2D eigenvalue weighted by Gasteiger charge is 2.46. The van der Waals surface area contributed by atoms with Crippen LogP contribution in [0.4, 0.5) is 83.4 Å². The van der Waals surface area contributed by atoms with Crippen LogP contribution in [0.25, 0.3) is 23.3 Å². The van der Waals surface area contributed by atoms with Gasteiger partial charge in [-0.3, -0.25) is 0 Å². The van der Waals surface area contributed by atoms with Gasteiger partial charge >= 0.3 is 0 Å². The maximum absolute atomic E-state index is 16.6. The first-order valence-electron chi connectivity index (χ1n) is 15.1. The van der Waals surface area contributed by atoms with Crippen LogP contribution >= 0.6 is 0 Å². The highest BCUT2D eigenvalue weighted by Crippen LogP contribution is 2.37. The van der Waals surface area contributed by atoms with Gasteiger partial charge in [0.05, 0.1) is 11.7 Å². The SMILES string of the molecule is C=Cc1cc(C=C)cc(-c2c(F)c(F)c([B-](Cc3c(F)c(F)c(F)c(F)c3F)(Cc3c(F)c(F)c(F)c(F)c3F)c3c(F)c(F)c(F)c(F)c3F)c(F)c2F)c1. The monoisotopic (exact) mass is 817 g/mol. The second-order valence-corrected chi connectivity index (χ2v) is 12.1. The van der Waals surface area contributed by atoms with Crippen molar-refractivity contribution in [2.45, 2.75) is 12.6 Å². The lowest BCUT2D eigenvalue weighted by Gasteiger charge is -2.43. The van der Waals surface area contributed by atoms with Crippen molar-refractivity contribution in [2.75, 3.05) is 0 Å². The minimum absolute atomic E-state index is 0.0429. The molecule has 0 aliphatic carbocycles. The van der Waals surface area contributed by atoms with E-state index in [4.69, 9.17) is 0 Å². The standard InChI is InChI=1S/C36H13BF19/c1-3-10-5-11(4-2)7-12(6-10)15-22(42)24(44)16(25(45)23(15)43)37(17-26(46)32(52)36(56)33(53)27(17)47,8-13-18(38)28(48)34(54)29(49)19(13)39)9-14-20(40)30(50)35(55)31(51)21(14)41/h3-7H,1-2,8-9H2/q-1. The smallest absolute Gasteiger partial charge is 0.200 e. The van der Waals surface area contributed by atoms with Crippen LogP contribution in [0.3, 0.4) is 0 Å². The first-order valence-corrected chi connectivity index (χ1v) is 15.1. The summed E-state index contributed by atoms with van der Waals surface area (Å²) in [4.78, 5) is 0. The minimum atomic E-state index is -5.96. The van der Waals surface area contributed by atoms with Crippen LogP contribution in [0.5, 0.6) is 0 Å². The number of rotatable bonds is 9. The maximum Gasteiger partial charge on any atom is 0.200 e. The molecule has 0 saturated carbocycles. The summed E-state index contributed by atoms with van der Waals surface area (Å²) < 4.78 is 289. The van der Waals surface area contributed by atoms with Gasteiger partial charge in [0.1, 0.15) is 23.3 Å². The molecule has 0 aliphatic rings. The van der Waals surface area contributed by atoms with E-state index < -0.39 is 162 Å². The molecule has 0 heterocycles. The molecular formula is C36H13BF19-. The summed E-state index contributed by atoms with van der Waals surface area (Å²) in [5, 5.41) is 0. The summed E-state index contributed by atoms with van der Waals surface area (Å²) in [6.07, 6.45) is -9.57. The molecule has 56 heavy (non-hydrogen) atoms. The van der Waals surface area contributed by atoms with Gasteiger partial charge in [-0.15, -0.1) is 23.6 Å². The average Bonchev–Trinajstić information content (AvgIpc) is 3.18. The van der Waals surface area contributed by atoms with Crippen LogP contribution in [0, 0.1) is 111 Å². The van der Waals surface area contributed by atoms with Crippen molar-refractivity contribution in [3.63, 3.8) is 0 Å². The Hall–Kier alpha value is -5.69. The summed E-state index contributed by atoms with van der Waals surface area (Å²) in [6.45, 7) is 6.76. The van der Waals surface area contributed by atoms with Crippen LogP contribution in [-0.4, -0.2) is 6.15 Å². The van der Waals surface area contributed by atoms with Crippen molar-refractivity contribution in [1.82, 2.24) is 0 Å². The molecule has 20 heteroatoms. The van der Waals surface area contributed by atoms with E-state index in [9.17, 15) is 39.5 Å². The Morgan fingerprint density at radius 2 is 0.589 bits per heavy atom. The Morgan fingerprint density at radius 3 is 0.875 bits per heavy atom. The third-order valence-electron chi connectivity index (χ3n) is 9.09. The van der Waals surface area contributed by atoms with E-state index in [1.54, 1.807) is 0 Å². The van der Waals surface area contributed by atoms with Gasteiger partial charge in [0.15, 0.2) is 75.6 Å². The number of hydrogen-bond acceptors (Lipinski definition) is 0. The molecule has 0 aliphatic heterocycles. The fourth-order valence-electron chi connectivity index (χ4n) is 6.53. The number of benzene rings is 5. The normalized spacial score (nSPS) is 11.8. The van der Waals surface area contributed by atoms with Crippen LogP contribution in [0.15, 0.2) is 31.4 Å². The molecule has 5 aromatic carbocycles. The first kappa shape index (κ1) is 41.5. The Morgan fingerprint density at radius 1 is 0.339 bits per heavy atom. The molecular weight excluding hydrogens is 804 g/mol. The maximum atomic E-state index is 16.6. The van der Waals surface area contributed by atoms with Gasteiger partial charge in [0.25, 0.3) is 0 Å². The molecule has 5 rings (SSSR count). The molecule has 0 atom stereocenters. The topological polar surface area (TPSA) is 0 Å². The second kappa shape index (κ2) is 14.8. The van der Waals surface area contributed by atoms with Crippen molar-refractivity contribution in [3.05, 3.63) is 164 Å². The fraction of sp³-hybridized carbons (Fsp3) is 0.0556. The van der Waals surface area contributed by atoms with Crippen molar-refractivity contribution in [1.29, 1.82) is 0 Å². The van der Waals surface area contributed by atoms with Gasteiger partial charge in [0, 0.05) is 0 Å². The molecule has 0 aromatic heterocycles. The molecule has 0 radical (unpaired) electrons. The summed E-state index contributed by atoms with van der Waals surface area (Å²) in [5.41, 5.74) is -13.5. The fourth-order valence-corrected chi connectivity index (χ4v) is 6.53. The first-order chi connectivity index (χ1) is 26.1. The van der Waals surface area contributed by atoms with E-state index in [1.165, 1.54) is 6.07 Å². The van der Waals surface area contributed by atoms with Crippen LogP contribution in [0.1, 0.15) is 22.3 Å². The van der Waals surface area contributed by atoms with Gasteiger partial charge in [-0.25, -0.2) is 83.4 Å². The Bertz CT molecular complexity index is 2310. The molecule has 0 spiro atoms. The van der Waals surface area contributed by atoms with Gasteiger partial charge in [-0.2, -0.15) is 0 Å². The van der Waals surface area contributed by atoms with Crippen LogP contribution < -0.4 is 10.9 Å². The zero-order valence-corrected chi connectivity index (χ0v) is 27.0. The summed E-state index contributed by atoms with van der Waals surface area (Å²) in [6, 6.07) is 2.84. The van der Waals surface area contributed by atoms with E-state index in [0.29, 0.717) is 0 Å². The summed E-state index contributed by atoms with van der Waals surface area (Å²) in [7, 11) is 0. The molecule has 0 N–H and O–H groups in total. The van der Waals surface area contributed by atoms with Crippen molar-refractivity contribution in [3.8, 4) is 11.1 Å². The molecule has 0 nitrogen and oxygen atoms in total. The molecule has 294 valence electrons. The van der Waals surface area contributed by atoms with E-state index in [-0.39, 0.29) is 11.1 Å². The van der Waals surface area contributed by atoms with Gasteiger partial charge in [-0.1, -0.05) is 25.3 Å². The second-order valence-electron chi connectivity index (χ2n) is 12.1. The largest absolute Gasteiger partial charge is 0.207 e. The number of halogens is 19. The van der Waals surface area contributed by atoms with E-state index in [2.05, 4.69) is 13.2 Å². The Labute approximate surface area is 300 Å². The van der Waals surface area contributed by atoms with Crippen molar-refractivity contribution in [2.24, 2.45) is 0 Å². The average molecular weight is 817 g/mol. The molecule has 5 aromatic rings. The Kier molecular flexibility index (Phi) is 10.9. The number of hydrogen-bond donors (Lipinski definition) is 0.